The summed E-state index contributed by atoms with van der Waals surface area (Å²) >= 11 is 1.60. The first-order valence-electron chi connectivity index (χ1n) is 6.12. The number of rotatable bonds is 5. The van der Waals surface area contributed by atoms with Crippen LogP contribution in [0.25, 0.3) is 11.3 Å². The lowest BCUT2D eigenvalue weighted by atomic mass is 10.1. The van der Waals surface area contributed by atoms with Crippen molar-refractivity contribution in [2.45, 2.75) is 26.3 Å². The number of carbonyl (C=O) groups is 1. The average molecular weight is 276 g/mol. The summed E-state index contributed by atoms with van der Waals surface area (Å²) in [4.78, 5) is 15.5. The summed E-state index contributed by atoms with van der Waals surface area (Å²) in [7, 11) is 0. The van der Waals surface area contributed by atoms with Crippen molar-refractivity contribution in [1.29, 1.82) is 0 Å². The smallest absolute Gasteiger partial charge is 0.326 e. The lowest BCUT2D eigenvalue weighted by molar-refractivity contribution is -0.137. The number of anilines is 1. The van der Waals surface area contributed by atoms with Gasteiger partial charge in [-0.15, -0.1) is 11.3 Å². The van der Waals surface area contributed by atoms with Gasteiger partial charge in [-0.2, -0.15) is 0 Å². The van der Waals surface area contributed by atoms with Gasteiger partial charge >= 0.3 is 5.97 Å². The number of thiazole rings is 1. The molecule has 5 heteroatoms. The molecule has 0 fully saturated rings. The van der Waals surface area contributed by atoms with Gasteiger partial charge in [0.05, 0.1) is 10.7 Å². The van der Waals surface area contributed by atoms with E-state index in [1.807, 2.05) is 43.5 Å². The Morgan fingerprint density at radius 1 is 1.53 bits per heavy atom. The van der Waals surface area contributed by atoms with E-state index in [9.17, 15) is 4.79 Å². The molecule has 1 atom stereocenters. The highest BCUT2D eigenvalue weighted by Crippen LogP contribution is 2.24. The van der Waals surface area contributed by atoms with E-state index >= 15 is 0 Å². The molecule has 1 aromatic heterocycles. The van der Waals surface area contributed by atoms with Gasteiger partial charge in [0.15, 0.2) is 0 Å². The van der Waals surface area contributed by atoms with Gasteiger partial charge in [0, 0.05) is 16.6 Å². The minimum absolute atomic E-state index is 0.537. The monoisotopic (exact) mass is 276 g/mol. The fourth-order valence-corrected chi connectivity index (χ4v) is 2.43. The van der Waals surface area contributed by atoms with Crippen LogP contribution in [0.2, 0.25) is 0 Å². The topological polar surface area (TPSA) is 62.2 Å². The fraction of sp³-hybridized carbons (Fsp3) is 0.286. The Morgan fingerprint density at radius 2 is 2.32 bits per heavy atom. The van der Waals surface area contributed by atoms with Crippen LogP contribution in [0.1, 0.15) is 18.4 Å². The Labute approximate surface area is 116 Å². The highest BCUT2D eigenvalue weighted by atomic mass is 32.1. The molecular weight excluding hydrogens is 260 g/mol. The van der Waals surface area contributed by atoms with Gasteiger partial charge in [0.2, 0.25) is 0 Å². The summed E-state index contributed by atoms with van der Waals surface area (Å²) in [6, 6.07) is 7.11. The molecule has 0 aliphatic carbocycles. The summed E-state index contributed by atoms with van der Waals surface area (Å²) in [5.74, 6) is -0.836. The summed E-state index contributed by atoms with van der Waals surface area (Å²) in [5.41, 5.74) is 2.72. The van der Waals surface area contributed by atoms with Crippen molar-refractivity contribution >= 4 is 23.0 Å². The molecule has 2 aromatic rings. The molecule has 2 N–H and O–H groups in total. The lowest BCUT2D eigenvalue weighted by Crippen LogP contribution is -2.28. The van der Waals surface area contributed by atoms with Crippen LogP contribution < -0.4 is 5.32 Å². The first kappa shape index (κ1) is 13.5. The third-order valence-electron chi connectivity index (χ3n) is 2.82. The number of benzene rings is 1. The third kappa shape index (κ3) is 3.32. The molecule has 0 radical (unpaired) electrons. The number of aromatic nitrogens is 1. The van der Waals surface area contributed by atoms with E-state index in [0.29, 0.717) is 6.42 Å². The van der Waals surface area contributed by atoms with Gasteiger partial charge in [-0.1, -0.05) is 19.1 Å². The second-order valence-electron chi connectivity index (χ2n) is 4.28. The lowest BCUT2D eigenvalue weighted by Gasteiger charge is -2.14. The number of aliphatic carboxylic acids is 1. The Hall–Kier alpha value is -1.88. The van der Waals surface area contributed by atoms with Gasteiger partial charge < -0.3 is 10.4 Å². The number of nitrogens with zero attached hydrogens (tertiary/aromatic N) is 1. The quantitative estimate of drug-likeness (QED) is 0.878. The van der Waals surface area contributed by atoms with Crippen molar-refractivity contribution in [2.24, 2.45) is 0 Å². The second kappa shape index (κ2) is 5.84. The molecule has 0 saturated heterocycles. The maximum Gasteiger partial charge on any atom is 0.326 e. The molecule has 1 aromatic carbocycles. The average Bonchev–Trinajstić information content (AvgIpc) is 2.82. The zero-order valence-corrected chi connectivity index (χ0v) is 11.7. The SMILES string of the molecule is CCC(Nc1cccc(-c2csc(C)n2)c1)C(=O)O. The highest BCUT2D eigenvalue weighted by molar-refractivity contribution is 7.09. The molecule has 0 amide bonds. The van der Waals surface area contributed by atoms with Crippen molar-refractivity contribution < 1.29 is 9.90 Å². The van der Waals surface area contributed by atoms with E-state index in [1.165, 1.54) is 0 Å². The van der Waals surface area contributed by atoms with Gasteiger partial charge in [-0.25, -0.2) is 9.78 Å². The maximum absolute atomic E-state index is 11.0. The van der Waals surface area contributed by atoms with Crippen LogP contribution in [0.15, 0.2) is 29.6 Å². The standard InChI is InChI=1S/C14H16N2O2S/c1-3-12(14(17)18)16-11-6-4-5-10(7-11)13-8-19-9(2)15-13/h4-8,12,16H,3H2,1-2H3,(H,17,18). The Kier molecular flexibility index (Phi) is 4.16. The number of hydrogen-bond acceptors (Lipinski definition) is 4. The molecule has 0 saturated carbocycles. The molecule has 100 valence electrons. The van der Waals surface area contributed by atoms with Crippen LogP contribution in [0.3, 0.4) is 0 Å². The summed E-state index contributed by atoms with van der Waals surface area (Å²) in [6.45, 7) is 3.81. The normalized spacial score (nSPS) is 12.1. The number of nitrogens with one attached hydrogen (secondary N) is 1. The number of hydrogen-bond donors (Lipinski definition) is 2. The molecule has 19 heavy (non-hydrogen) atoms. The van der Waals surface area contributed by atoms with Crippen molar-refractivity contribution in [3.63, 3.8) is 0 Å². The minimum atomic E-state index is -0.836. The van der Waals surface area contributed by atoms with Gasteiger partial charge in [0.25, 0.3) is 0 Å². The van der Waals surface area contributed by atoms with Crippen LogP contribution in [0, 0.1) is 6.92 Å². The highest BCUT2D eigenvalue weighted by Gasteiger charge is 2.14. The van der Waals surface area contributed by atoms with E-state index < -0.39 is 12.0 Å². The molecule has 0 aliphatic rings. The van der Waals surface area contributed by atoms with Gasteiger partial charge in [-0.05, 0) is 25.5 Å². The van der Waals surface area contributed by atoms with Crippen LogP contribution in [0.5, 0.6) is 0 Å². The van der Waals surface area contributed by atoms with Gasteiger partial charge in [-0.3, -0.25) is 0 Å². The van der Waals surface area contributed by atoms with Crippen LogP contribution in [-0.2, 0) is 4.79 Å². The molecule has 1 heterocycles. The van der Waals surface area contributed by atoms with Crippen molar-refractivity contribution in [3.8, 4) is 11.3 Å². The zero-order chi connectivity index (χ0) is 13.8. The van der Waals surface area contributed by atoms with Crippen molar-refractivity contribution in [3.05, 3.63) is 34.7 Å². The number of aryl methyl sites for hydroxylation is 1. The largest absolute Gasteiger partial charge is 0.480 e. The second-order valence-corrected chi connectivity index (χ2v) is 5.34. The summed E-state index contributed by atoms with van der Waals surface area (Å²) < 4.78 is 0. The molecule has 1 unspecified atom stereocenters. The van der Waals surface area contributed by atoms with Crippen LogP contribution in [0.4, 0.5) is 5.69 Å². The van der Waals surface area contributed by atoms with Crippen molar-refractivity contribution in [2.75, 3.05) is 5.32 Å². The van der Waals surface area contributed by atoms with E-state index in [0.717, 1.165) is 22.0 Å². The molecule has 4 nitrogen and oxygen atoms in total. The maximum atomic E-state index is 11.0. The third-order valence-corrected chi connectivity index (χ3v) is 3.60. The van der Waals surface area contributed by atoms with E-state index in [4.69, 9.17) is 5.11 Å². The summed E-state index contributed by atoms with van der Waals surface area (Å²) in [6.07, 6.45) is 0.537. The van der Waals surface area contributed by atoms with Crippen LogP contribution in [-0.4, -0.2) is 22.1 Å². The first-order chi connectivity index (χ1) is 9.10. The fourth-order valence-electron chi connectivity index (χ4n) is 1.80. The molecule has 0 spiro atoms. The van der Waals surface area contributed by atoms with E-state index in [1.54, 1.807) is 11.3 Å². The predicted octanol–water partition coefficient (Wildman–Crippen LogP) is 3.39. The molecular formula is C14H16N2O2S. The Morgan fingerprint density at radius 3 is 2.89 bits per heavy atom. The number of carboxylic acids is 1. The van der Waals surface area contributed by atoms with Crippen molar-refractivity contribution in [1.82, 2.24) is 4.98 Å². The Bertz CT molecular complexity index is 580. The first-order valence-corrected chi connectivity index (χ1v) is 7.00. The van der Waals surface area contributed by atoms with Gasteiger partial charge in [0.1, 0.15) is 6.04 Å². The molecule has 2 rings (SSSR count). The van der Waals surface area contributed by atoms with E-state index in [2.05, 4.69) is 10.3 Å². The minimum Gasteiger partial charge on any atom is -0.480 e. The van der Waals surface area contributed by atoms with Crippen LogP contribution >= 0.6 is 11.3 Å². The predicted molar refractivity (Wildman–Crippen MR) is 77.6 cm³/mol. The molecule has 0 aliphatic heterocycles. The number of carboxylic acid groups (broad SMARTS) is 1. The zero-order valence-electron chi connectivity index (χ0n) is 10.9. The van der Waals surface area contributed by atoms with E-state index in [-0.39, 0.29) is 0 Å². The summed E-state index contributed by atoms with van der Waals surface area (Å²) in [5, 5.41) is 15.1. The molecule has 0 bridgehead atoms. The Balaban J connectivity index is 2.22.